The topological polar surface area (TPSA) is 131 Å². The molecular weight excluding hydrogens is 422 g/mol. The molecule has 1 aliphatic heterocycles. The van der Waals surface area contributed by atoms with Gasteiger partial charge in [0.25, 0.3) is 0 Å². The van der Waals surface area contributed by atoms with Crippen LogP contribution < -0.4 is 10.5 Å². The Morgan fingerprint density at radius 2 is 2.00 bits per heavy atom. The van der Waals surface area contributed by atoms with Crippen LogP contribution in [0.4, 0.5) is 0 Å². The molecule has 1 saturated carbocycles. The van der Waals surface area contributed by atoms with Crippen LogP contribution in [0, 0.1) is 18.8 Å². The molecule has 10 nitrogen and oxygen atoms in total. The van der Waals surface area contributed by atoms with Crippen molar-refractivity contribution in [3.63, 3.8) is 0 Å². The van der Waals surface area contributed by atoms with E-state index in [1.807, 2.05) is 18.4 Å². The maximum atomic E-state index is 11.6. The largest absolute Gasteiger partial charge is 0.473 e. The lowest BCUT2D eigenvalue weighted by Gasteiger charge is -2.31. The van der Waals surface area contributed by atoms with Crippen LogP contribution in [0.5, 0.6) is 5.88 Å². The molecule has 4 atom stereocenters. The van der Waals surface area contributed by atoms with Gasteiger partial charge < -0.3 is 19.8 Å². The van der Waals surface area contributed by atoms with Gasteiger partial charge in [-0.15, -0.1) is 0 Å². The fraction of sp³-hybridized carbons (Fsp3) is 0.565. The third-order valence-corrected chi connectivity index (χ3v) is 6.80. The van der Waals surface area contributed by atoms with Crippen LogP contribution in [-0.2, 0) is 16.1 Å². The van der Waals surface area contributed by atoms with E-state index in [9.17, 15) is 4.79 Å². The summed E-state index contributed by atoms with van der Waals surface area (Å²) < 4.78 is 14.4. The van der Waals surface area contributed by atoms with Gasteiger partial charge in [0, 0.05) is 31.5 Å². The Morgan fingerprint density at radius 1 is 1.18 bits per heavy atom. The summed E-state index contributed by atoms with van der Waals surface area (Å²) in [6.45, 7) is 5.19. The zero-order valence-corrected chi connectivity index (χ0v) is 19.0. The first-order valence-electron chi connectivity index (χ1n) is 11.6. The van der Waals surface area contributed by atoms with Gasteiger partial charge >= 0.3 is 0 Å². The zero-order valence-electron chi connectivity index (χ0n) is 19.0. The minimum absolute atomic E-state index is 0.0172. The summed E-state index contributed by atoms with van der Waals surface area (Å²) in [4.78, 5) is 33.9. The number of imidazole rings is 1. The third kappa shape index (κ3) is 4.27. The molecule has 0 bridgehead atoms. The summed E-state index contributed by atoms with van der Waals surface area (Å²) in [5, 5.41) is 0. The van der Waals surface area contributed by atoms with E-state index in [2.05, 4.69) is 19.9 Å². The molecule has 1 amide bonds. The number of carbonyl (C=O) groups excluding carboxylic acids is 1. The van der Waals surface area contributed by atoms with Gasteiger partial charge in [0.15, 0.2) is 11.2 Å². The summed E-state index contributed by atoms with van der Waals surface area (Å²) >= 11 is 0. The number of fused-ring (bicyclic) bond motifs is 1. The van der Waals surface area contributed by atoms with Gasteiger partial charge in [-0.25, -0.2) is 19.9 Å². The number of carbonyl (C=O) groups is 1. The minimum Gasteiger partial charge on any atom is -0.473 e. The molecular formula is C23H29N7O3. The molecule has 3 aromatic rings. The van der Waals surface area contributed by atoms with Crippen molar-refractivity contribution in [2.45, 2.75) is 64.7 Å². The average molecular weight is 452 g/mol. The minimum atomic E-state index is -0.223. The van der Waals surface area contributed by atoms with Gasteiger partial charge in [-0.2, -0.15) is 4.98 Å². The molecule has 3 aromatic heterocycles. The lowest BCUT2D eigenvalue weighted by molar-refractivity contribution is -0.128. The summed E-state index contributed by atoms with van der Waals surface area (Å²) in [6.07, 6.45) is 9.31. The Balaban J connectivity index is 1.35. The Labute approximate surface area is 192 Å². The maximum Gasteiger partial charge on any atom is 0.245 e. The van der Waals surface area contributed by atoms with Crippen LogP contribution in [0.3, 0.4) is 0 Å². The summed E-state index contributed by atoms with van der Waals surface area (Å²) in [5.41, 5.74) is 7.73. The number of rotatable bonds is 6. The van der Waals surface area contributed by atoms with Crippen LogP contribution in [0.2, 0.25) is 0 Å². The molecule has 4 heterocycles. The summed E-state index contributed by atoms with van der Waals surface area (Å²) in [5.74, 6) is 1.98. The van der Waals surface area contributed by atoms with Crippen molar-refractivity contribution < 1.29 is 14.3 Å². The van der Waals surface area contributed by atoms with Crippen molar-refractivity contribution in [2.75, 3.05) is 6.61 Å². The average Bonchev–Trinajstić information content (AvgIpc) is 3.45. The normalized spacial score (nSPS) is 25.4. The van der Waals surface area contributed by atoms with Gasteiger partial charge in [0.2, 0.25) is 11.8 Å². The Hall–Kier alpha value is -3.14. The summed E-state index contributed by atoms with van der Waals surface area (Å²) in [6, 6.07) is 0. The van der Waals surface area contributed by atoms with Crippen molar-refractivity contribution >= 4 is 17.1 Å². The van der Waals surface area contributed by atoms with Gasteiger partial charge in [0.1, 0.15) is 24.1 Å². The maximum absolute atomic E-state index is 11.6. The van der Waals surface area contributed by atoms with Crippen molar-refractivity contribution in [3.8, 4) is 17.3 Å². The van der Waals surface area contributed by atoms with Crippen molar-refractivity contribution in [1.82, 2.24) is 29.5 Å². The lowest BCUT2D eigenvalue weighted by Crippen LogP contribution is -2.37. The van der Waals surface area contributed by atoms with Crippen LogP contribution in [0.15, 0.2) is 18.7 Å². The van der Waals surface area contributed by atoms with E-state index in [0.717, 1.165) is 36.3 Å². The van der Waals surface area contributed by atoms with Crippen LogP contribution in [-0.4, -0.2) is 54.2 Å². The van der Waals surface area contributed by atoms with Crippen molar-refractivity contribution in [1.29, 1.82) is 0 Å². The first-order valence-corrected chi connectivity index (χ1v) is 11.6. The highest BCUT2D eigenvalue weighted by Crippen LogP contribution is 2.37. The van der Waals surface area contributed by atoms with E-state index >= 15 is 0 Å². The van der Waals surface area contributed by atoms with E-state index in [1.165, 1.54) is 6.33 Å². The molecule has 2 N–H and O–H groups in total. The second-order valence-corrected chi connectivity index (χ2v) is 8.90. The highest BCUT2D eigenvalue weighted by molar-refractivity contribution is 5.81. The lowest BCUT2D eigenvalue weighted by atomic mass is 9.87. The van der Waals surface area contributed by atoms with Crippen LogP contribution in [0.25, 0.3) is 22.6 Å². The van der Waals surface area contributed by atoms with Gasteiger partial charge in [-0.1, -0.05) is 0 Å². The Bertz CT molecular complexity index is 1150. The number of aryl methyl sites for hydroxylation is 2. The van der Waals surface area contributed by atoms with E-state index in [4.69, 9.17) is 20.2 Å². The summed E-state index contributed by atoms with van der Waals surface area (Å²) in [7, 11) is 0. The quantitative estimate of drug-likeness (QED) is 0.605. The molecule has 174 valence electrons. The number of amides is 1. The molecule has 5 rings (SSSR count). The second kappa shape index (κ2) is 9.01. The number of aromatic nitrogens is 6. The molecule has 1 saturated heterocycles. The molecule has 2 fully saturated rings. The number of hydrogen-bond acceptors (Lipinski definition) is 8. The standard InChI is InChI=1S/C23H29N7O3/c1-3-30-21(16-10-25-13(2)26-11-16)29-19-22(30)27-12-28-23(19)33-17-5-4-14(8-17)18-9-15(20(24)31)6-7-32-18/h10-12,14-15,17-18H,3-9H2,1-2H3,(H2,24,31). The number of ether oxygens (including phenoxy) is 2. The van der Waals surface area contributed by atoms with Gasteiger partial charge in [-0.05, 0) is 51.9 Å². The van der Waals surface area contributed by atoms with E-state index in [-0.39, 0.29) is 24.0 Å². The van der Waals surface area contributed by atoms with E-state index < -0.39 is 0 Å². The van der Waals surface area contributed by atoms with Crippen LogP contribution >= 0.6 is 0 Å². The first-order chi connectivity index (χ1) is 16.0. The van der Waals surface area contributed by atoms with Gasteiger partial charge in [-0.3, -0.25) is 4.79 Å². The zero-order chi connectivity index (χ0) is 22.9. The highest BCUT2D eigenvalue weighted by Gasteiger charge is 2.37. The number of nitrogens with two attached hydrogens (primary N) is 1. The molecule has 2 aliphatic rings. The smallest absolute Gasteiger partial charge is 0.245 e. The van der Waals surface area contributed by atoms with Crippen molar-refractivity contribution in [3.05, 3.63) is 24.5 Å². The van der Waals surface area contributed by atoms with Crippen LogP contribution in [0.1, 0.15) is 44.9 Å². The number of primary amides is 1. The Morgan fingerprint density at radius 3 is 2.76 bits per heavy atom. The van der Waals surface area contributed by atoms with Crippen molar-refractivity contribution in [2.24, 2.45) is 17.6 Å². The fourth-order valence-electron chi connectivity index (χ4n) is 5.02. The molecule has 1 aliphatic carbocycles. The second-order valence-electron chi connectivity index (χ2n) is 8.90. The van der Waals surface area contributed by atoms with E-state index in [0.29, 0.717) is 49.1 Å². The van der Waals surface area contributed by atoms with Gasteiger partial charge in [0.05, 0.1) is 11.7 Å². The molecule has 33 heavy (non-hydrogen) atoms. The molecule has 0 spiro atoms. The monoisotopic (exact) mass is 451 g/mol. The SMILES string of the molecule is CCn1c(-c2cnc(C)nc2)nc2c(OC3CCC(C4CC(C(N)=O)CCO4)C3)ncnc21. The number of hydrogen-bond donors (Lipinski definition) is 1. The third-order valence-electron chi connectivity index (χ3n) is 6.80. The molecule has 0 aromatic carbocycles. The first kappa shape index (κ1) is 21.7. The molecule has 4 unspecified atom stereocenters. The predicted octanol–water partition coefficient (Wildman–Crippen LogP) is 2.44. The molecule has 0 radical (unpaired) electrons. The Kier molecular flexibility index (Phi) is 5.92. The predicted molar refractivity (Wildman–Crippen MR) is 120 cm³/mol. The fourth-order valence-corrected chi connectivity index (χ4v) is 5.02. The number of nitrogens with zero attached hydrogens (tertiary/aromatic N) is 6. The molecule has 10 heteroatoms. The highest BCUT2D eigenvalue weighted by atomic mass is 16.5. The van der Waals surface area contributed by atoms with E-state index in [1.54, 1.807) is 12.4 Å².